The highest BCUT2D eigenvalue weighted by atomic mass is 16.6. The summed E-state index contributed by atoms with van der Waals surface area (Å²) in [6, 6.07) is 7.64. The van der Waals surface area contributed by atoms with Gasteiger partial charge in [0.15, 0.2) is 6.61 Å². The van der Waals surface area contributed by atoms with Crippen molar-refractivity contribution in [2.75, 3.05) is 32.2 Å². The first kappa shape index (κ1) is 15.3. The molecule has 0 spiro atoms. The van der Waals surface area contributed by atoms with Crippen molar-refractivity contribution in [2.45, 2.75) is 19.9 Å². The Bertz CT molecular complexity index is 378. The summed E-state index contributed by atoms with van der Waals surface area (Å²) in [5.41, 5.74) is 0.984. The Kier molecular flexibility index (Phi) is 6.74. The topological polar surface area (TPSA) is 56.8 Å². The fourth-order valence-electron chi connectivity index (χ4n) is 1.47. The van der Waals surface area contributed by atoms with E-state index in [-0.39, 0.29) is 12.6 Å². The van der Waals surface area contributed by atoms with Gasteiger partial charge in [-0.1, -0.05) is 0 Å². The summed E-state index contributed by atoms with van der Waals surface area (Å²) in [5, 5.41) is 3.31. The van der Waals surface area contributed by atoms with Gasteiger partial charge in [0, 0.05) is 18.3 Å². The molecule has 1 N–H and O–H groups in total. The van der Waals surface area contributed by atoms with E-state index in [1.54, 1.807) is 12.1 Å². The fourth-order valence-corrected chi connectivity index (χ4v) is 1.47. The summed E-state index contributed by atoms with van der Waals surface area (Å²) in [7, 11) is 1.33. The molecule has 0 heterocycles. The van der Waals surface area contributed by atoms with Crippen LogP contribution in [0, 0.1) is 0 Å². The average Bonchev–Trinajstić information content (AvgIpc) is 2.44. The van der Waals surface area contributed by atoms with Gasteiger partial charge in [-0.25, -0.2) is 4.79 Å². The molecular formula is C14H21NO4. The van der Waals surface area contributed by atoms with Crippen LogP contribution in [0.3, 0.4) is 0 Å². The van der Waals surface area contributed by atoms with E-state index < -0.39 is 5.97 Å². The van der Waals surface area contributed by atoms with E-state index in [0.29, 0.717) is 19.0 Å². The van der Waals surface area contributed by atoms with Crippen LogP contribution in [0.4, 0.5) is 5.69 Å². The van der Waals surface area contributed by atoms with Crippen molar-refractivity contribution in [3.05, 3.63) is 24.3 Å². The Hall–Kier alpha value is -1.75. The Labute approximate surface area is 113 Å². The maximum atomic E-state index is 10.9. The lowest BCUT2D eigenvalue weighted by molar-refractivity contribution is -0.142. The summed E-state index contributed by atoms with van der Waals surface area (Å²) >= 11 is 0. The second-order valence-electron chi connectivity index (χ2n) is 4.09. The molecule has 0 aromatic heterocycles. The second kappa shape index (κ2) is 8.37. The molecular weight excluding hydrogens is 246 g/mol. The van der Waals surface area contributed by atoms with Gasteiger partial charge >= 0.3 is 5.97 Å². The highest BCUT2D eigenvalue weighted by molar-refractivity contribution is 5.70. The zero-order valence-electron chi connectivity index (χ0n) is 11.6. The van der Waals surface area contributed by atoms with Crippen molar-refractivity contribution in [3.63, 3.8) is 0 Å². The van der Waals surface area contributed by atoms with Crippen molar-refractivity contribution in [1.82, 2.24) is 0 Å². The van der Waals surface area contributed by atoms with Gasteiger partial charge in [-0.3, -0.25) is 0 Å². The summed E-state index contributed by atoms with van der Waals surface area (Å²) < 4.78 is 15.1. The summed E-state index contributed by atoms with van der Waals surface area (Å²) in [4.78, 5) is 10.9. The number of carbonyl (C=O) groups excluding carboxylic acids is 1. The van der Waals surface area contributed by atoms with E-state index in [0.717, 1.165) is 5.69 Å². The molecule has 1 atom stereocenters. The molecule has 0 radical (unpaired) electrons. The third-order valence-electron chi connectivity index (χ3n) is 2.42. The minimum Gasteiger partial charge on any atom is -0.482 e. The quantitative estimate of drug-likeness (QED) is 0.731. The first-order valence-electron chi connectivity index (χ1n) is 6.29. The first-order chi connectivity index (χ1) is 9.15. The number of hydrogen-bond donors (Lipinski definition) is 1. The van der Waals surface area contributed by atoms with E-state index in [4.69, 9.17) is 9.47 Å². The lowest BCUT2D eigenvalue weighted by Crippen LogP contribution is -2.21. The van der Waals surface area contributed by atoms with E-state index in [2.05, 4.69) is 17.0 Å². The molecule has 0 aliphatic heterocycles. The molecule has 0 amide bonds. The molecule has 1 aromatic carbocycles. The van der Waals surface area contributed by atoms with Gasteiger partial charge < -0.3 is 19.5 Å². The Morgan fingerprint density at radius 3 is 2.58 bits per heavy atom. The summed E-state index contributed by atoms with van der Waals surface area (Å²) in [6.07, 6.45) is 0. The second-order valence-corrected chi connectivity index (χ2v) is 4.09. The van der Waals surface area contributed by atoms with E-state index in [1.807, 2.05) is 19.1 Å². The molecule has 0 aliphatic rings. The fraction of sp³-hybridized carbons (Fsp3) is 0.500. The highest BCUT2D eigenvalue weighted by Gasteiger charge is 2.04. The van der Waals surface area contributed by atoms with Crippen LogP contribution in [-0.2, 0) is 14.3 Å². The zero-order chi connectivity index (χ0) is 14.1. The van der Waals surface area contributed by atoms with Crippen LogP contribution >= 0.6 is 0 Å². The van der Waals surface area contributed by atoms with Gasteiger partial charge in [0.25, 0.3) is 0 Å². The number of rotatable bonds is 8. The van der Waals surface area contributed by atoms with Crippen molar-refractivity contribution in [3.8, 4) is 5.75 Å². The molecule has 1 unspecified atom stereocenters. The SMILES string of the molecule is CCOCC(C)Nc1ccc(OCC(=O)OC)cc1. The van der Waals surface area contributed by atoms with Crippen molar-refractivity contribution >= 4 is 11.7 Å². The highest BCUT2D eigenvalue weighted by Crippen LogP contribution is 2.16. The maximum Gasteiger partial charge on any atom is 0.343 e. The number of nitrogens with one attached hydrogen (secondary N) is 1. The molecule has 0 bridgehead atoms. The first-order valence-corrected chi connectivity index (χ1v) is 6.29. The number of carbonyl (C=O) groups is 1. The largest absolute Gasteiger partial charge is 0.482 e. The van der Waals surface area contributed by atoms with Crippen LogP contribution < -0.4 is 10.1 Å². The van der Waals surface area contributed by atoms with E-state index in [1.165, 1.54) is 7.11 Å². The third-order valence-corrected chi connectivity index (χ3v) is 2.42. The van der Waals surface area contributed by atoms with Crippen molar-refractivity contribution in [1.29, 1.82) is 0 Å². The molecule has 5 nitrogen and oxygen atoms in total. The average molecular weight is 267 g/mol. The van der Waals surface area contributed by atoms with Crippen LogP contribution in [0.1, 0.15) is 13.8 Å². The Morgan fingerprint density at radius 1 is 1.32 bits per heavy atom. The number of benzene rings is 1. The monoisotopic (exact) mass is 267 g/mol. The molecule has 1 rings (SSSR count). The van der Waals surface area contributed by atoms with Crippen molar-refractivity contribution in [2.24, 2.45) is 0 Å². The minimum atomic E-state index is -0.396. The lowest BCUT2D eigenvalue weighted by atomic mass is 10.2. The van der Waals surface area contributed by atoms with Crippen molar-refractivity contribution < 1.29 is 19.0 Å². The van der Waals surface area contributed by atoms with Gasteiger partial charge in [-0.15, -0.1) is 0 Å². The summed E-state index contributed by atoms with van der Waals surface area (Å²) in [6.45, 7) is 5.32. The van der Waals surface area contributed by atoms with E-state index >= 15 is 0 Å². The molecule has 5 heteroatoms. The maximum absolute atomic E-state index is 10.9. The number of esters is 1. The minimum absolute atomic E-state index is 0.0793. The van der Waals surface area contributed by atoms with Crippen LogP contribution in [0.15, 0.2) is 24.3 Å². The van der Waals surface area contributed by atoms with Crippen LogP contribution in [-0.4, -0.2) is 38.9 Å². The number of ether oxygens (including phenoxy) is 3. The molecule has 0 fully saturated rings. The summed E-state index contributed by atoms with van der Waals surface area (Å²) in [5.74, 6) is 0.237. The lowest BCUT2D eigenvalue weighted by Gasteiger charge is -2.15. The van der Waals surface area contributed by atoms with Crippen LogP contribution in [0.25, 0.3) is 0 Å². The van der Waals surface area contributed by atoms with Gasteiger partial charge in [0.2, 0.25) is 0 Å². The Morgan fingerprint density at radius 2 is 2.00 bits per heavy atom. The predicted molar refractivity (Wildman–Crippen MR) is 73.5 cm³/mol. The normalized spacial score (nSPS) is 11.7. The molecule has 0 aliphatic carbocycles. The molecule has 19 heavy (non-hydrogen) atoms. The molecule has 1 aromatic rings. The number of methoxy groups -OCH3 is 1. The smallest absolute Gasteiger partial charge is 0.343 e. The van der Waals surface area contributed by atoms with Gasteiger partial charge in [0.1, 0.15) is 5.75 Å². The van der Waals surface area contributed by atoms with Gasteiger partial charge in [0.05, 0.1) is 13.7 Å². The van der Waals surface area contributed by atoms with E-state index in [9.17, 15) is 4.79 Å². The standard InChI is InChI=1S/C14H21NO4/c1-4-18-9-11(2)15-12-5-7-13(8-6-12)19-10-14(16)17-3/h5-8,11,15H,4,9-10H2,1-3H3. The Balaban J connectivity index is 2.40. The third kappa shape index (κ3) is 6.10. The zero-order valence-corrected chi connectivity index (χ0v) is 11.6. The molecule has 106 valence electrons. The van der Waals surface area contributed by atoms with Gasteiger partial charge in [-0.2, -0.15) is 0 Å². The number of hydrogen-bond acceptors (Lipinski definition) is 5. The van der Waals surface area contributed by atoms with Crippen LogP contribution in [0.5, 0.6) is 5.75 Å². The van der Waals surface area contributed by atoms with Crippen LogP contribution in [0.2, 0.25) is 0 Å². The predicted octanol–water partition coefficient (Wildman–Crippen LogP) is 2.08. The number of anilines is 1. The molecule has 0 saturated heterocycles. The molecule has 0 saturated carbocycles. The van der Waals surface area contributed by atoms with Gasteiger partial charge in [-0.05, 0) is 38.1 Å².